The number of carbonyl (C=O) groups excluding carboxylic acids is 1. The maximum absolute atomic E-state index is 11.0. The van der Waals surface area contributed by atoms with Gasteiger partial charge in [-0.05, 0) is 0 Å². The number of hydrogen-bond donors (Lipinski definition) is 3. The lowest BCUT2D eigenvalue weighted by Gasteiger charge is -2.37. The number of amides is 1. The van der Waals surface area contributed by atoms with Crippen molar-refractivity contribution in [3.05, 3.63) is 0 Å². The van der Waals surface area contributed by atoms with E-state index >= 15 is 0 Å². The van der Waals surface area contributed by atoms with Gasteiger partial charge >= 0.3 is 6.09 Å². The van der Waals surface area contributed by atoms with E-state index in [1.807, 2.05) is 0 Å². The summed E-state index contributed by atoms with van der Waals surface area (Å²) < 4.78 is 4.67. The van der Waals surface area contributed by atoms with Crippen LogP contribution in [0.3, 0.4) is 0 Å². The van der Waals surface area contributed by atoms with E-state index in [4.69, 9.17) is 0 Å². The van der Waals surface area contributed by atoms with Gasteiger partial charge in [0.25, 0.3) is 0 Å². The van der Waals surface area contributed by atoms with Crippen LogP contribution in [0.1, 0.15) is 0 Å². The molecule has 6 nitrogen and oxygen atoms in total. The van der Waals surface area contributed by atoms with Gasteiger partial charge in [0.15, 0.2) is 0 Å². The molecule has 3 N–H and O–H groups in total. The summed E-state index contributed by atoms with van der Waals surface area (Å²) in [4.78, 5) is 12.2. The van der Waals surface area contributed by atoms with E-state index in [1.54, 1.807) is 0 Å². The SMILES string of the molecule is O=C1OCC2C(O)C(O)C(O)CN12. The van der Waals surface area contributed by atoms with Crippen molar-refractivity contribution in [1.29, 1.82) is 0 Å². The van der Waals surface area contributed by atoms with Crippen molar-refractivity contribution < 1.29 is 24.9 Å². The summed E-state index contributed by atoms with van der Waals surface area (Å²) in [7, 11) is 0. The summed E-state index contributed by atoms with van der Waals surface area (Å²) >= 11 is 0. The zero-order valence-electron chi connectivity index (χ0n) is 6.83. The van der Waals surface area contributed by atoms with Crippen LogP contribution in [0.15, 0.2) is 0 Å². The molecule has 0 aromatic heterocycles. The van der Waals surface area contributed by atoms with Gasteiger partial charge in [-0.3, -0.25) is 4.90 Å². The monoisotopic (exact) mass is 189 g/mol. The Hall–Kier alpha value is -0.850. The summed E-state index contributed by atoms with van der Waals surface area (Å²) in [5.41, 5.74) is 0. The van der Waals surface area contributed by atoms with Crippen molar-refractivity contribution in [3.8, 4) is 0 Å². The van der Waals surface area contributed by atoms with E-state index in [9.17, 15) is 20.1 Å². The smallest absolute Gasteiger partial charge is 0.410 e. The number of piperidine rings is 1. The normalized spacial score (nSPS) is 44.5. The molecule has 4 atom stereocenters. The van der Waals surface area contributed by atoms with Crippen LogP contribution in [-0.4, -0.2) is 63.8 Å². The standard InChI is InChI=1S/C7H11NO5/c9-4-1-8-3(2-13-7(8)12)5(10)6(4)11/h3-6,9-11H,1-2H2. The fourth-order valence-corrected chi connectivity index (χ4v) is 1.72. The molecule has 2 aliphatic heterocycles. The van der Waals surface area contributed by atoms with Crippen LogP contribution in [0.25, 0.3) is 0 Å². The van der Waals surface area contributed by atoms with Gasteiger partial charge in [-0.15, -0.1) is 0 Å². The molecule has 74 valence electrons. The van der Waals surface area contributed by atoms with Gasteiger partial charge in [0, 0.05) is 0 Å². The van der Waals surface area contributed by atoms with Gasteiger partial charge in [-0.2, -0.15) is 0 Å². The maximum Gasteiger partial charge on any atom is 0.410 e. The predicted molar refractivity (Wildman–Crippen MR) is 39.9 cm³/mol. The molecule has 2 heterocycles. The lowest BCUT2D eigenvalue weighted by atomic mass is 9.95. The molecule has 0 aromatic rings. The molecule has 0 radical (unpaired) electrons. The van der Waals surface area contributed by atoms with E-state index in [0.717, 1.165) is 0 Å². The molecule has 0 saturated carbocycles. The van der Waals surface area contributed by atoms with Gasteiger partial charge in [-0.25, -0.2) is 4.79 Å². The Kier molecular flexibility index (Phi) is 1.90. The molecule has 2 rings (SSSR count). The summed E-state index contributed by atoms with van der Waals surface area (Å²) in [6, 6.07) is -0.522. The minimum Gasteiger partial charge on any atom is -0.447 e. The van der Waals surface area contributed by atoms with Crippen LogP contribution in [0.5, 0.6) is 0 Å². The quantitative estimate of drug-likeness (QED) is 0.406. The van der Waals surface area contributed by atoms with E-state index in [-0.39, 0.29) is 13.2 Å². The number of hydrogen-bond acceptors (Lipinski definition) is 5. The molecule has 2 fully saturated rings. The van der Waals surface area contributed by atoms with Crippen LogP contribution in [0.2, 0.25) is 0 Å². The molecular weight excluding hydrogens is 178 g/mol. The van der Waals surface area contributed by atoms with Gasteiger partial charge < -0.3 is 20.1 Å². The Morgan fingerprint density at radius 3 is 2.69 bits per heavy atom. The Morgan fingerprint density at radius 1 is 1.31 bits per heavy atom. The number of cyclic esters (lactones) is 1. The van der Waals surface area contributed by atoms with Crippen molar-refractivity contribution in [1.82, 2.24) is 4.90 Å². The van der Waals surface area contributed by atoms with Gasteiger partial charge in [0.1, 0.15) is 24.9 Å². The lowest BCUT2D eigenvalue weighted by molar-refractivity contribution is -0.117. The second kappa shape index (κ2) is 2.83. The number of carbonyl (C=O) groups is 1. The molecule has 4 unspecified atom stereocenters. The third-order valence-corrected chi connectivity index (χ3v) is 2.53. The molecule has 13 heavy (non-hydrogen) atoms. The fraction of sp³-hybridized carbons (Fsp3) is 0.857. The highest BCUT2D eigenvalue weighted by atomic mass is 16.6. The average Bonchev–Trinajstić information content (AvgIpc) is 2.45. The van der Waals surface area contributed by atoms with Gasteiger partial charge in [-0.1, -0.05) is 0 Å². The number of aliphatic hydroxyl groups is 3. The number of rotatable bonds is 0. The Bertz CT molecular complexity index is 233. The summed E-state index contributed by atoms with van der Waals surface area (Å²) in [6.45, 7) is 0.0888. The largest absolute Gasteiger partial charge is 0.447 e. The highest BCUT2D eigenvalue weighted by Crippen LogP contribution is 2.24. The van der Waals surface area contributed by atoms with Gasteiger partial charge in [0.2, 0.25) is 0 Å². The summed E-state index contributed by atoms with van der Waals surface area (Å²) in [5, 5.41) is 28.0. The van der Waals surface area contributed by atoms with E-state index in [1.165, 1.54) is 4.90 Å². The Morgan fingerprint density at radius 2 is 2.00 bits per heavy atom. The number of aliphatic hydroxyl groups excluding tert-OH is 3. The molecule has 6 heteroatoms. The minimum atomic E-state index is -1.20. The topological polar surface area (TPSA) is 90.2 Å². The molecule has 1 amide bonds. The first kappa shape index (κ1) is 8.74. The minimum absolute atomic E-state index is 0.0156. The van der Waals surface area contributed by atoms with Crippen molar-refractivity contribution in [2.75, 3.05) is 13.2 Å². The van der Waals surface area contributed by atoms with Crippen molar-refractivity contribution in [2.45, 2.75) is 24.4 Å². The molecule has 0 aromatic carbocycles. The van der Waals surface area contributed by atoms with Crippen LogP contribution < -0.4 is 0 Å². The van der Waals surface area contributed by atoms with E-state index in [0.29, 0.717) is 0 Å². The van der Waals surface area contributed by atoms with Crippen LogP contribution in [0.4, 0.5) is 4.79 Å². The van der Waals surface area contributed by atoms with Crippen LogP contribution in [-0.2, 0) is 4.74 Å². The fourth-order valence-electron chi connectivity index (χ4n) is 1.72. The van der Waals surface area contributed by atoms with Crippen molar-refractivity contribution in [3.63, 3.8) is 0 Å². The maximum atomic E-state index is 11.0. The summed E-state index contributed by atoms with van der Waals surface area (Å²) in [6.07, 6.45) is -3.97. The van der Waals surface area contributed by atoms with Gasteiger partial charge in [0.05, 0.1) is 12.6 Å². The first-order valence-electron chi connectivity index (χ1n) is 4.09. The second-order valence-electron chi connectivity index (χ2n) is 3.35. The third kappa shape index (κ3) is 1.18. The van der Waals surface area contributed by atoms with Crippen LogP contribution >= 0.6 is 0 Å². The predicted octanol–water partition coefficient (Wildman–Crippen LogP) is -2.10. The van der Waals surface area contributed by atoms with E-state index in [2.05, 4.69) is 4.74 Å². The zero-order valence-corrected chi connectivity index (χ0v) is 6.83. The Balaban J connectivity index is 2.18. The zero-order chi connectivity index (χ0) is 9.59. The second-order valence-corrected chi connectivity index (χ2v) is 3.35. The van der Waals surface area contributed by atoms with Crippen LogP contribution in [0, 0.1) is 0 Å². The molecule has 0 aliphatic carbocycles. The number of nitrogens with zero attached hydrogens (tertiary/aromatic N) is 1. The molecule has 2 aliphatic rings. The third-order valence-electron chi connectivity index (χ3n) is 2.53. The lowest BCUT2D eigenvalue weighted by Crippen LogP contribution is -2.60. The molecule has 0 bridgehead atoms. The van der Waals surface area contributed by atoms with Crippen molar-refractivity contribution in [2.24, 2.45) is 0 Å². The number of fused-ring (bicyclic) bond motifs is 1. The Labute approximate surface area is 74.3 Å². The molecule has 2 saturated heterocycles. The highest BCUT2D eigenvalue weighted by molar-refractivity contribution is 5.70. The first-order chi connectivity index (χ1) is 6.11. The summed E-state index contributed by atoms with van der Waals surface area (Å²) in [5.74, 6) is 0. The van der Waals surface area contributed by atoms with E-state index < -0.39 is 30.4 Å². The first-order valence-corrected chi connectivity index (χ1v) is 4.09. The average molecular weight is 189 g/mol. The molecule has 0 spiro atoms. The molecular formula is C7H11NO5. The highest BCUT2D eigenvalue weighted by Gasteiger charge is 2.47. The number of ether oxygens (including phenoxy) is 1. The van der Waals surface area contributed by atoms with Crippen molar-refractivity contribution >= 4 is 6.09 Å².